The van der Waals surface area contributed by atoms with E-state index in [1.54, 1.807) is 0 Å². The molecule has 1 saturated heterocycles. The Kier molecular flexibility index (Phi) is 6.67. The van der Waals surface area contributed by atoms with Gasteiger partial charge in [0.2, 0.25) is 5.91 Å². The quantitative estimate of drug-likeness (QED) is 0.637. The number of nitrogens with one attached hydrogen (secondary N) is 2. The lowest BCUT2D eigenvalue weighted by Gasteiger charge is -2.19. The summed E-state index contributed by atoms with van der Waals surface area (Å²) in [6.45, 7) is 3.98. The minimum atomic E-state index is -0.673. The molecule has 1 saturated carbocycles. The Hall–Kier alpha value is -2.41. The van der Waals surface area contributed by atoms with E-state index in [0.29, 0.717) is 26.2 Å². The fourth-order valence-electron chi connectivity index (χ4n) is 3.86. The molecule has 28 heavy (non-hydrogen) atoms. The third kappa shape index (κ3) is 4.70. The molecule has 0 radical (unpaired) electrons. The van der Waals surface area contributed by atoms with Gasteiger partial charge < -0.3 is 15.4 Å². The normalized spacial score (nSPS) is 18.0. The Morgan fingerprint density at radius 3 is 2.54 bits per heavy atom. The lowest BCUT2D eigenvalue weighted by molar-refractivity contribution is -0.131. The first kappa shape index (κ1) is 20.3. The molecule has 4 amide bonds. The summed E-state index contributed by atoms with van der Waals surface area (Å²) in [5.74, 6) is -0.205. The van der Waals surface area contributed by atoms with Gasteiger partial charge in [0.05, 0.1) is 6.61 Å². The summed E-state index contributed by atoms with van der Waals surface area (Å²) >= 11 is 0. The molecule has 1 aromatic carbocycles. The van der Waals surface area contributed by atoms with Crippen LogP contribution in [0.2, 0.25) is 0 Å². The van der Waals surface area contributed by atoms with Crippen molar-refractivity contribution >= 4 is 17.8 Å². The number of carbonyl (C=O) groups is 3. The first-order valence-electron chi connectivity index (χ1n) is 10.1. The van der Waals surface area contributed by atoms with Gasteiger partial charge in [-0.25, -0.2) is 4.79 Å². The van der Waals surface area contributed by atoms with Crippen LogP contribution in [0.4, 0.5) is 4.79 Å². The van der Waals surface area contributed by atoms with Crippen molar-refractivity contribution in [2.45, 2.75) is 64.1 Å². The molecule has 0 aromatic heterocycles. The van der Waals surface area contributed by atoms with Crippen LogP contribution < -0.4 is 10.6 Å². The highest BCUT2D eigenvalue weighted by atomic mass is 16.5. The lowest BCUT2D eigenvalue weighted by Crippen LogP contribution is -2.44. The highest BCUT2D eigenvalue weighted by molar-refractivity contribution is 6.07. The van der Waals surface area contributed by atoms with Gasteiger partial charge in [-0.05, 0) is 37.3 Å². The number of rotatable bonds is 9. The average molecular weight is 387 g/mol. The maximum absolute atomic E-state index is 12.6. The van der Waals surface area contributed by atoms with Crippen LogP contribution in [0.15, 0.2) is 24.3 Å². The van der Waals surface area contributed by atoms with E-state index in [1.165, 1.54) is 4.90 Å². The maximum Gasteiger partial charge on any atom is 0.325 e. The fraction of sp³-hybridized carbons (Fsp3) is 0.571. The summed E-state index contributed by atoms with van der Waals surface area (Å²) < 4.78 is 5.36. The van der Waals surface area contributed by atoms with Crippen molar-refractivity contribution in [3.63, 3.8) is 0 Å². The Morgan fingerprint density at radius 2 is 1.86 bits per heavy atom. The number of urea groups is 1. The second kappa shape index (κ2) is 9.19. The summed E-state index contributed by atoms with van der Waals surface area (Å²) in [5, 5.41) is 5.74. The zero-order valence-corrected chi connectivity index (χ0v) is 16.5. The number of imide groups is 1. The molecule has 1 aliphatic heterocycles. The molecule has 0 unspecified atom stereocenters. The molecule has 1 heterocycles. The summed E-state index contributed by atoms with van der Waals surface area (Å²) in [5.41, 5.74) is 1.45. The molecule has 7 heteroatoms. The molecule has 0 atom stereocenters. The summed E-state index contributed by atoms with van der Waals surface area (Å²) in [6.07, 6.45) is 4.13. The predicted molar refractivity (Wildman–Crippen MR) is 104 cm³/mol. The topological polar surface area (TPSA) is 87.7 Å². The highest BCUT2D eigenvalue weighted by Gasteiger charge is 2.51. The average Bonchev–Trinajstić information content (AvgIpc) is 3.26. The van der Waals surface area contributed by atoms with Crippen LogP contribution in [-0.4, -0.2) is 41.4 Å². The van der Waals surface area contributed by atoms with E-state index in [-0.39, 0.29) is 30.8 Å². The zero-order chi connectivity index (χ0) is 20.0. The predicted octanol–water partition coefficient (Wildman–Crippen LogP) is 2.48. The van der Waals surface area contributed by atoms with Gasteiger partial charge in [-0.2, -0.15) is 0 Å². The molecule has 3 rings (SSSR count). The standard InChI is InChI=1S/C21H29N3O4/c1-2-28-15-17-9-7-16(8-10-17)14-22-18(25)6-5-13-24-19(26)21(23-20(24)27)11-3-4-12-21/h7-10H,2-6,11-15H2,1H3,(H,22,25)(H,23,27). The van der Waals surface area contributed by atoms with Crippen molar-refractivity contribution in [3.8, 4) is 0 Å². The third-order valence-corrected chi connectivity index (χ3v) is 5.47. The van der Waals surface area contributed by atoms with Crippen LogP contribution >= 0.6 is 0 Å². The minimum Gasteiger partial charge on any atom is -0.377 e. The van der Waals surface area contributed by atoms with Gasteiger partial charge >= 0.3 is 6.03 Å². The lowest BCUT2D eigenvalue weighted by atomic mass is 9.98. The van der Waals surface area contributed by atoms with Crippen molar-refractivity contribution < 1.29 is 19.1 Å². The Bertz CT molecular complexity index is 711. The zero-order valence-electron chi connectivity index (χ0n) is 16.5. The van der Waals surface area contributed by atoms with Crippen LogP contribution in [0.3, 0.4) is 0 Å². The number of carbonyl (C=O) groups excluding carboxylic acids is 3. The monoisotopic (exact) mass is 387 g/mol. The van der Waals surface area contributed by atoms with Crippen LogP contribution in [0.1, 0.15) is 56.6 Å². The van der Waals surface area contributed by atoms with E-state index in [1.807, 2.05) is 31.2 Å². The van der Waals surface area contributed by atoms with Crippen molar-refractivity contribution in [2.75, 3.05) is 13.2 Å². The van der Waals surface area contributed by atoms with Gasteiger partial charge in [0.15, 0.2) is 0 Å². The van der Waals surface area contributed by atoms with Crippen LogP contribution in [0.5, 0.6) is 0 Å². The molecule has 1 aromatic rings. The highest BCUT2D eigenvalue weighted by Crippen LogP contribution is 2.35. The summed E-state index contributed by atoms with van der Waals surface area (Å²) in [4.78, 5) is 38.0. The second-order valence-corrected chi connectivity index (χ2v) is 7.51. The molecular formula is C21H29N3O4. The van der Waals surface area contributed by atoms with Crippen molar-refractivity contribution in [3.05, 3.63) is 35.4 Å². The van der Waals surface area contributed by atoms with E-state index < -0.39 is 5.54 Å². The van der Waals surface area contributed by atoms with E-state index in [0.717, 1.165) is 36.8 Å². The Labute approximate surface area is 165 Å². The number of hydrogen-bond acceptors (Lipinski definition) is 4. The Morgan fingerprint density at radius 1 is 1.18 bits per heavy atom. The third-order valence-electron chi connectivity index (χ3n) is 5.47. The number of hydrogen-bond donors (Lipinski definition) is 2. The van der Waals surface area contributed by atoms with E-state index in [4.69, 9.17) is 4.74 Å². The molecule has 2 N–H and O–H groups in total. The maximum atomic E-state index is 12.6. The molecule has 152 valence electrons. The van der Waals surface area contributed by atoms with Crippen LogP contribution in [0.25, 0.3) is 0 Å². The first-order chi connectivity index (χ1) is 13.5. The van der Waals surface area contributed by atoms with Crippen LogP contribution in [0, 0.1) is 0 Å². The van der Waals surface area contributed by atoms with Gasteiger partial charge in [-0.3, -0.25) is 14.5 Å². The van der Waals surface area contributed by atoms with Crippen molar-refractivity contribution in [2.24, 2.45) is 0 Å². The number of amides is 4. The molecule has 1 spiro atoms. The fourth-order valence-corrected chi connectivity index (χ4v) is 3.86. The SMILES string of the molecule is CCOCc1ccc(CNC(=O)CCCN2C(=O)NC3(CCCC3)C2=O)cc1. The van der Waals surface area contributed by atoms with E-state index in [2.05, 4.69) is 10.6 Å². The number of ether oxygens (including phenoxy) is 1. The summed E-state index contributed by atoms with van der Waals surface area (Å²) in [7, 11) is 0. The summed E-state index contributed by atoms with van der Waals surface area (Å²) in [6, 6.07) is 7.62. The van der Waals surface area contributed by atoms with E-state index in [9.17, 15) is 14.4 Å². The molecule has 2 fully saturated rings. The number of nitrogens with zero attached hydrogens (tertiary/aromatic N) is 1. The molecule has 7 nitrogen and oxygen atoms in total. The van der Waals surface area contributed by atoms with Crippen LogP contribution in [-0.2, 0) is 27.5 Å². The number of benzene rings is 1. The van der Waals surface area contributed by atoms with E-state index >= 15 is 0 Å². The Balaban J connectivity index is 1.38. The van der Waals surface area contributed by atoms with Gasteiger partial charge in [-0.1, -0.05) is 37.1 Å². The first-order valence-corrected chi connectivity index (χ1v) is 10.1. The smallest absolute Gasteiger partial charge is 0.325 e. The molecule has 0 bridgehead atoms. The van der Waals surface area contributed by atoms with Crippen molar-refractivity contribution in [1.29, 1.82) is 0 Å². The van der Waals surface area contributed by atoms with Crippen molar-refractivity contribution in [1.82, 2.24) is 15.5 Å². The van der Waals surface area contributed by atoms with Gasteiger partial charge in [-0.15, -0.1) is 0 Å². The second-order valence-electron chi connectivity index (χ2n) is 7.51. The van der Waals surface area contributed by atoms with Gasteiger partial charge in [0.1, 0.15) is 5.54 Å². The largest absolute Gasteiger partial charge is 0.377 e. The molecular weight excluding hydrogens is 358 g/mol. The molecule has 1 aliphatic carbocycles. The molecule has 2 aliphatic rings. The van der Waals surface area contributed by atoms with Gasteiger partial charge in [0.25, 0.3) is 5.91 Å². The van der Waals surface area contributed by atoms with Gasteiger partial charge in [0, 0.05) is 26.1 Å². The minimum absolute atomic E-state index is 0.0824.